The first kappa shape index (κ1) is 14.1. The number of nitrogens with two attached hydrogens (primary N) is 1. The van der Waals surface area contributed by atoms with Crippen molar-refractivity contribution >= 4 is 34.7 Å². The van der Waals surface area contributed by atoms with Gasteiger partial charge in [0.05, 0.1) is 12.9 Å². The number of hydrogen-bond donors (Lipinski definition) is 1. The number of aromatic nitrogens is 4. The minimum atomic E-state index is -0.237. The third-order valence-corrected chi connectivity index (χ3v) is 4.09. The summed E-state index contributed by atoms with van der Waals surface area (Å²) in [4.78, 5) is 23.3. The fourth-order valence-corrected chi connectivity index (χ4v) is 3.07. The summed E-state index contributed by atoms with van der Waals surface area (Å²) in [6, 6.07) is 0.265. The lowest BCUT2D eigenvalue weighted by atomic mass is 10.1. The van der Waals surface area contributed by atoms with Crippen molar-refractivity contribution in [3.8, 4) is 0 Å². The van der Waals surface area contributed by atoms with E-state index in [0.29, 0.717) is 23.7 Å². The van der Waals surface area contributed by atoms with Crippen molar-refractivity contribution in [1.82, 2.24) is 19.5 Å². The highest BCUT2D eigenvalue weighted by molar-refractivity contribution is 6.33. The van der Waals surface area contributed by atoms with Gasteiger partial charge in [-0.25, -0.2) is 4.98 Å². The zero-order chi connectivity index (χ0) is 15.0. The summed E-state index contributed by atoms with van der Waals surface area (Å²) < 4.78 is 7.08. The molecule has 1 saturated carbocycles. The molecule has 2 heterocycles. The lowest BCUT2D eigenvalue weighted by molar-refractivity contribution is -0.142. The van der Waals surface area contributed by atoms with Gasteiger partial charge < -0.3 is 15.0 Å². The first-order valence-corrected chi connectivity index (χ1v) is 7.21. The van der Waals surface area contributed by atoms with Crippen LogP contribution in [0.4, 0.5) is 5.95 Å². The molecule has 0 amide bonds. The van der Waals surface area contributed by atoms with Gasteiger partial charge in [-0.3, -0.25) is 4.79 Å². The highest BCUT2D eigenvalue weighted by Crippen LogP contribution is 2.36. The average Bonchev–Trinajstić information content (AvgIpc) is 3.02. The fourth-order valence-electron chi connectivity index (χ4n) is 2.85. The van der Waals surface area contributed by atoms with Crippen molar-refractivity contribution in [3.05, 3.63) is 11.5 Å². The molecule has 2 atom stereocenters. The molecule has 3 rings (SSSR count). The lowest BCUT2D eigenvalue weighted by Gasteiger charge is -2.13. The van der Waals surface area contributed by atoms with Gasteiger partial charge in [0, 0.05) is 13.0 Å². The summed E-state index contributed by atoms with van der Waals surface area (Å²) in [7, 11) is 0. The largest absolute Gasteiger partial charge is 0.466 e. The van der Waals surface area contributed by atoms with E-state index in [9.17, 15) is 4.79 Å². The van der Waals surface area contributed by atoms with Gasteiger partial charge in [0.15, 0.2) is 10.8 Å². The van der Waals surface area contributed by atoms with E-state index in [4.69, 9.17) is 22.1 Å². The minimum Gasteiger partial charge on any atom is -0.466 e. The number of halogens is 1. The van der Waals surface area contributed by atoms with Crippen LogP contribution in [0.1, 0.15) is 32.2 Å². The molecule has 0 bridgehead atoms. The molecule has 1 aliphatic rings. The molecule has 0 radical (unpaired) electrons. The molecule has 7 nitrogen and oxygen atoms in total. The van der Waals surface area contributed by atoms with E-state index in [1.165, 1.54) is 6.92 Å². The molecule has 2 aromatic heterocycles. The van der Waals surface area contributed by atoms with Crippen LogP contribution >= 0.6 is 11.6 Å². The average molecular weight is 310 g/mol. The molecule has 8 heteroatoms. The molecule has 1 aliphatic carbocycles. The van der Waals surface area contributed by atoms with E-state index >= 15 is 0 Å². The van der Waals surface area contributed by atoms with Crippen molar-refractivity contribution in [2.75, 3.05) is 12.3 Å². The SMILES string of the molecule is CC(=O)OC[C@@H]1CC[C@H](n2cnc3c(Cl)nc(N)nc32)C1. The predicted molar refractivity (Wildman–Crippen MR) is 77.8 cm³/mol. The Morgan fingerprint density at radius 1 is 1.52 bits per heavy atom. The molecule has 112 valence electrons. The topological polar surface area (TPSA) is 95.9 Å². The van der Waals surface area contributed by atoms with E-state index in [0.717, 1.165) is 19.3 Å². The molecule has 0 aliphatic heterocycles. The number of ether oxygens (including phenoxy) is 1. The van der Waals surface area contributed by atoms with Crippen LogP contribution in [0.5, 0.6) is 0 Å². The Morgan fingerprint density at radius 3 is 3.10 bits per heavy atom. The zero-order valence-corrected chi connectivity index (χ0v) is 12.4. The highest BCUT2D eigenvalue weighted by Gasteiger charge is 2.28. The number of hydrogen-bond acceptors (Lipinski definition) is 6. The van der Waals surface area contributed by atoms with Crippen molar-refractivity contribution < 1.29 is 9.53 Å². The minimum absolute atomic E-state index is 0.142. The number of nitrogens with zero attached hydrogens (tertiary/aromatic N) is 4. The Bertz CT molecular complexity index is 686. The van der Waals surface area contributed by atoms with Crippen molar-refractivity contribution in [2.24, 2.45) is 5.92 Å². The van der Waals surface area contributed by atoms with E-state index in [-0.39, 0.29) is 23.1 Å². The number of rotatable bonds is 3. The van der Waals surface area contributed by atoms with Gasteiger partial charge in [0.1, 0.15) is 5.52 Å². The molecule has 0 aromatic carbocycles. The van der Waals surface area contributed by atoms with Crippen LogP contribution in [-0.2, 0) is 9.53 Å². The first-order valence-electron chi connectivity index (χ1n) is 6.83. The second-order valence-corrected chi connectivity index (χ2v) is 5.69. The van der Waals surface area contributed by atoms with Crippen LogP contribution in [0.25, 0.3) is 11.2 Å². The maximum atomic E-state index is 10.9. The number of nitrogen functional groups attached to an aromatic ring is 1. The molecule has 0 unspecified atom stereocenters. The van der Waals surface area contributed by atoms with E-state index in [2.05, 4.69) is 15.0 Å². The van der Waals surface area contributed by atoms with Crippen LogP contribution in [0, 0.1) is 5.92 Å². The van der Waals surface area contributed by atoms with E-state index in [1.54, 1.807) is 6.33 Å². The molecule has 0 saturated heterocycles. The normalized spacial score (nSPS) is 21.8. The molecular weight excluding hydrogens is 294 g/mol. The smallest absolute Gasteiger partial charge is 0.302 e. The summed E-state index contributed by atoms with van der Waals surface area (Å²) in [6.07, 6.45) is 4.63. The van der Waals surface area contributed by atoms with Crippen molar-refractivity contribution in [1.29, 1.82) is 0 Å². The van der Waals surface area contributed by atoms with Gasteiger partial charge in [0.25, 0.3) is 0 Å². The Hall–Kier alpha value is -1.89. The fraction of sp³-hybridized carbons (Fsp3) is 0.538. The number of imidazole rings is 1. The van der Waals surface area contributed by atoms with Crippen molar-refractivity contribution in [2.45, 2.75) is 32.2 Å². The van der Waals surface area contributed by atoms with Crippen LogP contribution in [-0.4, -0.2) is 32.1 Å². The van der Waals surface area contributed by atoms with Crippen LogP contribution in [0.2, 0.25) is 5.15 Å². The third kappa shape index (κ3) is 2.78. The number of esters is 1. The van der Waals surface area contributed by atoms with Crippen LogP contribution < -0.4 is 5.73 Å². The predicted octanol–water partition coefficient (Wildman–Crippen LogP) is 1.97. The number of fused-ring (bicyclic) bond motifs is 1. The van der Waals surface area contributed by atoms with Gasteiger partial charge in [-0.1, -0.05) is 11.6 Å². The summed E-state index contributed by atoms with van der Waals surface area (Å²) in [6.45, 7) is 1.90. The Labute approximate surface area is 126 Å². The van der Waals surface area contributed by atoms with Gasteiger partial charge >= 0.3 is 5.97 Å². The highest BCUT2D eigenvalue weighted by atomic mass is 35.5. The zero-order valence-electron chi connectivity index (χ0n) is 11.6. The van der Waals surface area contributed by atoms with E-state index in [1.807, 2.05) is 4.57 Å². The second kappa shape index (κ2) is 5.48. The summed E-state index contributed by atoms with van der Waals surface area (Å²) >= 11 is 6.03. The van der Waals surface area contributed by atoms with Gasteiger partial charge in [-0.05, 0) is 25.2 Å². The number of carbonyl (C=O) groups is 1. The third-order valence-electron chi connectivity index (χ3n) is 3.83. The summed E-state index contributed by atoms with van der Waals surface area (Å²) in [5.74, 6) is 0.272. The Balaban J connectivity index is 1.81. The van der Waals surface area contributed by atoms with Gasteiger partial charge in [-0.2, -0.15) is 9.97 Å². The Morgan fingerprint density at radius 2 is 2.33 bits per heavy atom. The lowest BCUT2D eigenvalue weighted by Crippen LogP contribution is -2.11. The maximum Gasteiger partial charge on any atom is 0.302 e. The van der Waals surface area contributed by atoms with Crippen LogP contribution in [0.15, 0.2) is 6.33 Å². The van der Waals surface area contributed by atoms with Gasteiger partial charge in [-0.15, -0.1) is 0 Å². The summed E-state index contributed by atoms with van der Waals surface area (Å²) in [5.41, 5.74) is 6.88. The molecular formula is C13H16ClN5O2. The first-order chi connectivity index (χ1) is 10.0. The molecule has 0 spiro atoms. The molecule has 21 heavy (non-hydrogen) atoms. The summed E-state index contributed by atoms with van der Waals surface area (Å²) in [5, 5.41) is 0.269. The standard InChI is InChI=1S/C13H16ClN5O2/c1-7(20)21-5-8-2-3-9(4-8)19-6-16-10-11(14)17-13(15)18-12(10)19/h6,8-9H,2-5H2,1H3,(H2,15,17,18)/t8-,9+/m1/s1. The quantitative estimate of drug-likeness (QED) is 0.688. The maximum absolute atomic E-state index is 10.9. The number of carbonyl (C=O) groups excluding carboxylic acids is 1. The monoisotopic (exact) mass is 309 g/mol. The van der Waals surface area contributed by atoms with Crippen molar-refractivity contribution in [3.63, 3.8) is 0 Å². The Kier molecular flexibility index (Phi) is 3.67. The van der Waals surface area contributed by atoms with Crippen LogP contribution in [0.3, 0.4) is 0 Å². The second-order valence-electron chi connectivity index (χ2n) is 5.33. The molecule has 2 N–H and O–H groups in total. The number of anilines is 1. The molecule has 1 fully saturated rings. The van der Waals surface area contributed by atoms with E-state index < -0.39 is 0 Å². The molecule has 2 aromatic rings. The van der Waals surface area contributed by atoms with Gasteiger partial charge in [0.2, 0.25) is 5.95 Å².